The Balaban J connectivity index is 2.36. The number of pyridine rings is 1. The molecule has 0 aliphatic rings. The number of hydrogen-bond donors (Lipinski definition) is 1. The molecule has 6 heteroatoms. The van der Waals surface area contributed by atoms with E-state index in [9.17, 15) is 0 Å². The molecule has 0 saturated carbocycles. The maximum absolute atomic E-state index is 6.12. The molecule has 96 valence electrons. The van der Waals surface area contributed by atoms with E-state index in [2.05, 4.69) is 25.9 Å². The highest BCUT2D eigenvalue weighted by Gasteiger charge is 2.14. The van der Waals surface area contributed by atoms with Crippen LogP contribution in [0.15, 0.2) is 34.9 Å². The first kappa shape index (κ1) is 12.4. The van der Waals surface area contributed by atoms with Gasteiger partial charge in [0.25, 0.3) is 0 Å². The third-order valence-corrected chi connectivity index (χ3v) is 4.21. The largest absolute Gasteiger partial charge is 0.369 e. The summed E-state index contributed by atoms with van der Waals surface area (Å²) in [4.78, 5) is 8.74. The van der Waals surface area contributed by atoms with Crippen LogP contribution in [0.3, 0.4) is 0 Å². The minimum atomic E-state index is 0.385. The van der Waals surface area contributed by atoms with E-state index in [-0.39, 0.29) is 0 Å². The Bertz CT molecular complexity index is 782. The summed E-state index contributed by atoms with van der Waals surface area (Å²) in [6.45, 7) is 1.97. The Morgan fingerprint density at radius 1 is 1.37 bits per heavy atom. The van der Waals surface area contributed by atoms with E-state index in [0.717, 1.165) is 21.2 Å². The monoisotopic (exact) mass is 336 g/mol. The number of aryl methyl sites for hydroxylation is 1. The zero-order valence-electron chi connectivity index (χ0n) is 10.1. The number of hydrogen-bond acceptors (Lipinski definition) is 3. The Labute approximate surface area is 123 Å². The van der Waals surface area contributed by atoms with Crippen LogP contribution in [-0.2, 0) is 0 Å². The lowest BCUT2D eigenvalue weighted by atomic mass is 10.3. The molecule has 0 fully saturated rings. The summed E-state index contributed by atoms with van der Waals surface area (Å²) < 4.78 is 2.55. The van der Waals surface area contributed by atoms with Crippen LogP contribution in [0.5, 0.6) is 0 Å². The molecule has 0 saturated heterocycles. The van der Waals surface area contributed by atoms with Crippen LogP contribution in [-0.4, -0.2) is 14.5 Å². The number of nitrogen functional groups attached to an aromatic ring is 1. The molecule has 3 rings (SSSR count). The molecule has 2 aromatic heterocycles. The molecule has 0 atom stereocenters. The van der Waals surface area contributed by atoms with Crippen molar-refractivity contribution in [3.05, 3.63) is 45.5 Å². The molecule has 4 nitrogen and oxygen atoms in total. The highest BCUT2D eigenvalue weighted by molar-refractivity contribution is 9.10. The smallest absolute Gasteiger partial charge is 0.207 e. The summed E-state index contributed by atoms with van der Waals surface area (Å²) in [5, 5.41) is 0.617. The Morgan fingerprint density at radius 2 is 2.16 bits per heavy atom. The fraction of sp³-hybridized carbons (Fsp3) is 0.0769. The van der Waals surface area contributed by atoms with Gasteiger partial charge >= 0.3 is 0 Å². The fourth-order valence-corrected chi connectivity index (χ4v) is 2.60. The summed E-state index contributed by atoms with van der Waals surface area (Å²) >= 11 is 9.59. The molecule has 0 aliphatic heterocycles. The number of anilines is 1. The Kier molecular flexibility index (Phi) is 2.95. The number of halogens is 2. The zero-order valence-corrected chi connectivity index (χ0v) is 12.4. The van der Waals surface area contributed by atoms with Crippen molar-refractivity contribution in [3.8, 4) is 5.69 Å². The van der Waals surface area contributed by atoms with Crippen molar-refractivity contribution in [2.45, 2.75) is 6.92 Å². The molecule has 3 aromatic rings. The molecule has 0 amide bonds. The van der Waals surface area contributed by atoms with Gasteiger partial charge in [0.1, 0.15) is 5.52 Å². The maximum Gasteiger partial charge on any atom is 0.207 e. The van der Waals surface area contributed by atoms with Gasteiger partial charge in [0, 0.05) is 6.20 Å². The SMILES string of the molecule is Cc1cnc2c(c1)nc(N)n2-c1cccc(Cl)c1Br. The number of rotatable bonds is 1. The number of nitrogens with zero attached hydrogens (tertiary/aromatic N) is 3. The van der Waals surface area contributed by atoms with Gasteiger partial charge in [0.05, 0.1) is 15.2 Å². The number of imidazole rings is 1. The maximum atomic E-state index is 6.12. The second-order valence-electron chi connectivity index (χ2n) is 4.23. The minimum absolute atomic E-state index is 0.385. The zero-order chi connectivity index (χ0) is 13.6. The third kappa shape index (κ3) is 1.99. The summed E-state index contributed by atoms with van der Waals surface area (Å²) in [6, 6.07) is 7.53. The van der Waals surface area contributed by atoms with Gasteiger partial charge < -0.3 is 5.73 Å². The van der Waals surface area contributed by atoms with Crippen molar-refractivity contribution in [2.24, 2.45) is 0 Å². The number of aromatic nitrogens is 3. The average molecular weight is 338 g/mol. The molecule has 0 aliphatic carbocycles. The Hall–Kier alpha value is -1.59. The van der Waals surface area contributed by atoms with Crippen LogP contribution in [0, 0.1) is 6.92 Å². The van der Waals surface area contributed by atoms with Gasteiger partial charge in [-0.05, 0) is 46.6 Å². The lowest BCUT2D eigenvalue weighted by Crippen LogP contribution is -2.02. The number of nitrogens with two attached hydrogens (primary N) is 1. The van der Waals surface area contributed by atoms with E-state index < -0.39 is 0 Å². The van der Waals surface area contributed by atoms with E-state index >= 15 is 0 Å². The van der Waals surface area contributed by atoms with Crippen molar-refractivity contribution in [1.29, 1.82) is 0 Å². The number of fused-ring (bicyclic) bond motifs is 1. The van der Waals surface area contributed by atoms with Crippen molar-refractivity contribution >= 4 is 44.6 Å². The lowest BCUT2D eigenvalue weighted by molar-refractivity contribution is 1.07. The molecule has 19 heavy (non-hydrogen) atoms. The van der Waals surface area contributed by atoms with Gasteiger partial charge in [-0.1, -0.05) is 17.7 Å². The molecule has 1 aromatic carbocycles. The van der Waals surface area contributed by atoms with Crippen LogP contribution in [0.1, 0.15) is 5.56 Å². The standard InChI is InChI=1S/C13H10BrClN4/c1-7-5-9-12(17-6-7)19(13(16)18-9)10-4-2-3-8(15)11(10)14/h2-6H,1H3,(H2,16,18). The second kappa shape index (κ2) is 4.51. The van der Waals surface area contributed by atoms with E-state index in [1.807, 2.05) is 31.2 Å². The van der Waals surface area contributed by atoms with Crippen molar-refractivity contribution < 1.29 is 0 Å². The molecule has 2 heterocycles. The average Bonchev–Trinajstić information content (AvgIpc) is 2.68. The van der Waals surface area contributed by atoms with Gasteiger partial charge in [-0.3, -0.25) is 4.57 Å². The van der Waals surface area contributed by atoms with E-state index in [4.69, 9.17) is 17.3 Å². The lowest BCUT2D eigenvalue weighted by Gasteiger charge is -2.09. The molecular weight excluding hydrogens is 328 g/mol. The quantitative estimate of drug-likeness (QED) is 0.736. The molecule has 0 bridgehead atoms. The molecule has 0 spiro atoms. The van der Waals surface area contributed by atoms with Crippen LogP contribution in [0.4, 0.5) is 5.95 Å². The predicted octanol–water partition coefficient (Wildman–Crippen LogP) is 3.73. The van der Waals surface area contributed by atoms with Crippen molar-refractivity contribution in [3.63, 3.8) is 0 Å². The van der Waals surface area contributed by atoms with E-state index in [0.29, 0.717) is 16.6 Å². The second-order valence-corrected chi connectivity index (χ2v) is 5.43. The minimum Gasteiger partial charge on any atom is -0.369 e. The molecule has 2 N–H and O–H groups in total. The Morgan fingerprint density at radius 3 is 2.95 bits per heavy atom. The molecule has 0 unspecified atom stereocenters. The van der Waals surface area contributed by atoms with E-state index in [1.54, 1.807) is 10.8 Å². The highest BCUT2D eigenvalue weighted by Crippen LogP contribution is 2.32. The topological polar surface area (TPSA) is 56.7 Å². The van der Waals surface area contributed by atoms with Gasteiger partial charge in [0.15, 0.2) is 5.65 Å². The van der Waals surface area contributed by atoms with Gasteiger partial charge in [0.2, 0.25) is 5.95 Å². The fourth-order valence-electron chi connectivity index (χ4n) is 1.99. The van der Waals surface area contributed by atoms with Crippen LogP contribution in [0.25, 0.3) is 16.9 Å². The normalized spacial score (nSPS) is 11.1. The number of benzene rings is 1. The van der Waals surface area contributed by atoms with Crippen LogP contribution >= 0.6 is 27.5 Å². The summed E-state index contributed by atoms with van der Waals surface area (Å²) in [7, 11) is 0. The van der Waals surface area contributed by atoms with E-state index in [1.165, 1.54) is 0 Å². The first-order valence-electron chi connectivity index (χ1n) is 5.63. The summed E-state index contributed by atoms with van der Waals surface area (Å²) in [5.74, 6) is 0.385. The van der Waals surface area contributed by atoms with Crippen molar-refractivity contribution in [2.75, 3.05) is 5.73 Å². The van der Waals surface area contributed by atoms with Gasteiger partial charge in [-0.15, -0.1) is 0 Å². The highest BCUT2D eigenvalue weighted by atomic mass is 79.9. The molecular formula is C13H10BrClN4. The first-order valence-corrected chi connectivity index (χ1v) is 6.80. The van der Waals surface area contributed by atoms with Crippen LogP contribution < -0.4 is 5.73 Å². The van der Waals surface area contributed by atoms with Crippen molar-refractivity contribution in [1.82, 2.24) is 14.5 Å². The summed E-state index contributed by atoms with van der Waals surface area (Å²) in [5.41, 5.74) is 9.35. The third-order valence-electron chi connectivity index (χ3n) is 2.83. The first-order chi connectivity index (χ1) is 9.08. The van der Waals surface area contributed by atoms with Crippen LogP contribution in [0.2, 0.25) is 5.02 Å². The summed E-state index contributed by atoms with van der Waals surface area (Å²) in [6.07, 6.45) is 1.79. The van der Waals surface area contributed by atoms with Gasteiger partial charge in [-0.2, -0.15) is 0 Å². The predicted molar refractivity (Wildman–Crippen MR) is 80.7 cm³/mol. The molecule has 0 radical (unpaired) electrons. The van der Waals surface area contributed by atoms with Gasteiger partial charge in [-0.25, -0.2) is 9.97 Å².